The lowest BCUT2D eigenvalue weighted by Gasteiger charge is -2.18. The predicted molar refractivity (Wildman–Crippen MR) is 87.1 cm³/mol. The third kappa shape index (κ3) is 3.06. The van der Waals surface area contributed by atoms with Crippen LogP contribution in [-0.4, -0.2) is 70.4 Å². The highest BCUT2D eigenvalue weighted by atomic mass is 19.3. The summed E-state index contributed by atoms with van der Waals surface area (Å²) in [6.07, 6.45) is -1.19. The highest BCUT2D eigenvalue weighted by Crippen LogP contribution is 2.41. The molecule has 1 aromatic heterocycles. The van der Waals surface area contributed by atoms with E-state index in [-0.39, 0.29) is 41.2 Å². The topological polar surface area (TPSA) is 87.9 Å². The number of hydrogen-bond acceptors (Lipinski definition) is 7. The van der Waals surface area contributed by atoms with Gasteiger partial charge in [-0.05, 0) is 18.2 Å². The maximum Gasteiger partial charge on any atom is 0.586 e. The zero-order valence-corrected chi connectivity index (χ0v) is 14.5. The Kier molecular flexibility index (Phi) is 3.95. The largest absolute Gasteiger partial charge is 0.586 e. The Labute approximate surface area is 157 Å². The number of likely N-dealkylation sites (tertiary alicyclic amines) is 1. The predicted octanol–water partition coefficient (Wildman–Crippen LogP) is 1.08. The fraction of sp³-hybridized carbons (Fsp3) is 0.471. The number of halogens is 2. The number of amides is 1. The standard InChI is InChI=1S/C17H16F2N4O5/c18-17(19)27-12-2-1-10(3-13(12)28-17)16(24)22-4-14-15(5-22)26-7-11(6-25-14)23-9-20-8-21-23/h1-3,8-9,11,14-15H,4-7H2/t14-,15-/m0/s1. The molecule has 2 atom stereocenters. The van der Waals surface area contributed by atoms with Crippen molar-refractivity contribution in [3.05, 3.63) is 36.4 Å². The first-order valence-electron chi connectivity index (χ1n) is 8.75. The van der Waals surface area contributed by atoms with Gasteiger partial charge in [0.15, 0.2) is 11.5 Å². The van der Waals surface area contributed by atoms with Gasteiger partial charge in [-0.15, -0.1) is 8.78 Å². The number of fused-ring (bicyclic) bond motifs is 2. The number of carbonyl (C=O) groups is 1. The molecule has 2 aromatic rings. The molecule has 28 heavy (non-hydrogen) atoms. The average Bonchev–Trinajstić information content (AvgIpc) is 3.36. The number of ether oxygens (including phenoxy) is 4. The van der Waals surface area contributed by atoms with Crippen LogP contribution in [0.5, 0.6) is 11.5 Å². The van der Waals surface area contributed by atoms with Gasteiger partial charge in [0, 0.05) is 18.7 Å². The van der Waals surface area contributed by atoms with Crippen LogP contribution in [-0.2, 0) is 9.47 Å². The Hall–Kier alpha value is -2.79. The number of aromatic nitrogens is 3. The molecule has 0 bridgehead atoms. The monoisotopic (exact) mass is 394 g/mol. The normalized spacial score (nSPS) is 26.1. The molecule has 9 nitrogen and oxygen atoms in total. The van der Waals surface area contributed by atoms with E-state index in [1.807, 2.05) is 0 Å². The van der Waals surface area contributed by atoms with Crippen LogP contribution in [0.25, 0.3) is 0 Å². The van der Waals surface area contributed by atoms with Crippen molar-refractivity contribution in [3.63, 3.8) is 0 Å². The number of nitrogens with zero attached hydrogens (tertiary/aromatic N) is 4. The molecule has 4 heterocycles. The number of carbonyl (C=O) groups excluding carboxylic acids is 1. The van der Waals surface area contributed by atoms with E-state index in [2.05, 4.69) is 19.6 Å². The number of hydrogen-bond donors (Lipinski definition) is 0. The lowest BCUT2D eigenvalue weighted by molar-refractivity contribution is -0.286. The molecule has 0 radical (unpaired) electrons. The summed E-state index contributed by atoms with van der Waals surface area (Å²) in [5.74, 6) is -0.568. The van der Waals surface area contributed by atoms with E-state index in [1.54, 1.807) is 15.9 Å². The summed E-state index contributed by atoms with van der Waals surface area (Å²) in [4.78, 5) is 18.3. The molecule has 3 aliphatic rings. The Bertz CT molecular complexity index is 878. The van der Waals surface area contributed by atoms with Crippen molar-refractivity contribution < 1.29 is 32.5 Å². The van der Waals surface area contributed by atoms with Crippen molar-refractivity contribution in [2.75, 3.05) is 26.3 Å². The van der Waals surface area contributed by atoms with Gasteiger partial charge in [-0.2, -0.15) is 5.10 Å². The molecule has 1 amide bonds. The van der Waals surface area contributed by atoms with Crippen molar-refractivity contribution in [2.45, 2.75) is 24.5 Å². The van der Waals surface area contributed by atoms with Gasteiger partial charge in [0.05, 0.1) is 13.2 Å². The molecule has 0 spiro atoms. The van der Waals surface area contributed by atoms with Crippen LogP contribution in [0.4, 0.5) is 8.78 Å². The average molecular weight is 394 g/mol. The molecule has 148 valence electrons. The third-order valence-electron chi connectivity index (χ3n) is 4.97. The molecule has 2 saturated heterocycles. The fourth-order valence-corrected chi connectivity index (χ4v) is 3.57. The summed E-state index contributed by atoms with van der Waals surface area (Å²) in [6, 6.07) is 3.92. The molecular weight excluding hydrogens is 378 g/mol. The zero-order valence-electron chi connectivity index (χ0n) is 14.5. The van der Waals surface area contributed by atoms with Crippen molar-refractivity contribution in [1.82, 2.24) is 19.7 Å². The molecule has 2 fully saturated rings. The number of rotatable bonds is 2. The van der Waals surface area contributed by atoms with Crippen LogP contribution in [0.3, 0.4) is 0 Å². The summed E-state index contributed by atoms with van der Waals surface area (Å²) in [5, 5.41) is 4.10. The minimum Gasteiger partial charge on any atom is -0.395 e. The second-order valence-corrected chi connectivity index (χ2v) is 6.81. The maximum atomic E-state index is 13.2. The Morgan fingerprint density at radius 1 is 1.11 bits per heavy atom. The van der Waals surface area contributed by atoms with Crippen LogP contribution in [0.15, 0.2) is 30.9 Å². The summed E-state index contributed by atoms with van der Waals surface area (Å²) >= 11 is 0. The summed E-state index contributed by atoms with van der Waals surface area (Å²) in [6.45, 7) is 1.48. The minimum absolute atomic E-state index is 0.0761. The summed E-state index contributed by atoms with van der Waals surface area (Å²) in [5.41, 5.74) is 0.233. The lowest BCUT2D eigenvalue weighted by atomic mass is 10.2. The van der Waals surface area contributed by atoms with E-state index < -0.39 is 6.29 Å². The van der Waals surface area contributed by atoms with E-state index in [1.165, 1.54) is 24.5 Å². The molecule has 3 aliphatic heterocycles. The van der Waals surface area contributed by atoms with Gasteiger partial charge in [0.1, 0.15) is 30.9 Å². The molecule has 0 N–H and O–H groups in total. The van der Waals surface area contributed by atoms with Gasteiger partial charge in [0.2, 0.25) is 0 Å². The van der Waals surface area contributed by atoms with Gasteiger partial charge in [-0.1, -0.05) is 0 Å². The highest BCUT2D eigenvalue weighted by molar-refractivity contribution is 5.95. The van der Waals surface area contributed by atoms with Crippen molar-refractivity contribution >= 4 is 5.91 Å². The first-order valence-corrected chi connectivity index (χ1v) is 8.75. The summed E-state index contributed by atoms with van der Waals surface area (Å²) in [7, 11) is 0. The van der Waals surface area contributed by atoms with Gasteiger partial charge in [-0.3, -0.25) is 4.79 Å². The molecule has 0 aliphatic carbocycles. The minimum atomic E-state index is -3.72. The second-order valence-electron chi connectivity index (χ2n) is 6.81. The van der Waals surface area contributed by atoms with Crippen LogP contribution >= 0.6 is 0 Å². The van der Waals surface area contributed by atoms with Crippen molar-refractivity contribution in [3.8, 4) is 11.5 Å². The quantitative estimate of drug-likeness (QED) is 0.753. The third-order valence-corrected chi connectivity index (χ3v) is 4.97. The lowest BCUT2D eigenvalue weighted by Crippen LogP contribution is -2.31. The zero-order chi connectivity index (χ0) is 19.3. The van der Waals surface area contributed by atoms with E-state index in [0.29, 0.717) is 26.3 Å². The van der Waals surface area contributed by atoms with Gasteiger partial charge < -0.3 is 23.8 Å². The number of alkyl halides is 2. The first-order chi connectivity index (χ1) is 13.5. The Morgan fingerprint density at radius 3 is 2.50 bits per heavy atom. The maximum absolute atomic E-state index is 13.2. The van der Waals surface area contributed by atoms with Gasteiger partial charge in [0.25, 0.3) is 5.91 Å². The van der Waals surface area contributed by atoms with E-state index in [9.17, 15) is 13.6 Å². The van der Waals surface area contributed by atoms with Crippen LogP contribution in [0.1, 0.15) is 16.4 Å². The first kappa shape index (κ1) is 17.3. The Morgan fingerprint density at radius 2 is 1.82 bits per heavy atom. The molecule has 11 heteroatoms. The highest BCUT2D eigenvalue weighted by Gasteiger charge is 2.44. The van der Waals surface area contributed by atoms with E-state index in [0.717, 1.165) is 0 Å². The Balaban J connectivity index is 1.26. The van der Waals surface area contributed by atoms with E-state index in [4.69, 9.17) is 9.47 Å². The van der Waals surface area contributed by atoms with Gasteiger partial charge >= 0.3 is 6.29 Å². The second kappa shape index (κ2) is 6.38. The van der Waals surface area contributed by atoms with E-state index >= 15 is 0 Å². The molecule has 0 unspecified atom stereocenters. The van der Waals surface area contributed by atoms with Gasteiger partial charge in [-0.25, -0.2) is 9.67 Å². The van der Waals surface area contributed by atoms with Crippen molar-refractivity contribution in [1.29, 1.82) is 0 Å². The molecule has 1 aromatic carbocycles. The van der Waals surface area contributed by atoms with Crippen LogP contribution < -0.4 is 9.47 Å². The van der Waals surface area contributed by atoms with Crippen molar-refractivity contribution in [2.24, 2.45) is 0 Å². The smallest absolute Gasteiger partial charge is 0.395 e. The van der Waals surface area contributed by atoms with Crippen LogP contribution in [0.2, 0.25) is 0 Å². The summed E-state index contributed by atoms with van der Waals surface area (Å²) < 4.78 is 48.6. The molecule has 5 rings (SSSR count). The fourth-order valence-electron chi connectivity index (χ4n) is 3.57. The van der Waals surface area contributed by atoms with Crippen LogP contribution in [0, 0.1) is 0 Å². The number of benzene rings is 1. The SMILES string of the molecule is O=C(c1ccc2c(c1)OC(F)(F)O2)N1C[C@@H]2OCC(n3cncn3)CO[C@H]2C1. The molecular formula is C17H16F2N4O5. The molecule has 0 saturated carbocycles.